The van der Waals surface area contributed by atoms with E-state index >= 15 is 0 Å². The molecule has 3 fully saturated rings. The Labute approximate surface area is 169 Å². The fraction of sp³-hybridized carbons (Fsp3) is 0.909. The molecule has 28 heavy (non-hydrogen) atoms. The van der Waals surface area contributed by atoms with Gasteiger partial charge in [-0.25, -0.2) is 4.79 Å². The van der Waals surface area contributed by atoms with Crippen LogP contribution in [0.2, 0.25) is 0 Å². The topological polar surface area (TPSA) is 77.2 Å². The number of nitrogens with zero attached hydrogens (tertiary/aromatic N) is 2. The molecule has 1 saturated heterocycles. The summed E-state index contributed by atoms with van der Waals surface area (Å²) in [4.78, 5) is 18.6. The van der Waals surface area contributed by atoms with E-state index in [0.717, 1.165) is 57.7 Å². The predicted molar refractivity (Wildman–Crippen MR) is 110 cm³/mol. The van der Waals surface area contributed by atoms with Gasteiger partial charge < -0.3 is 20.1 Å². The van der Waals surface area contributed by atoms with Gasteiger partial charge in [-0.3, -0.25) is 4.99 Å². The average Bonchev–Trinajstić information content (AvgIpc) is 3.27. The summed E-state index contributed by atoms with van der Waals surface area (Å²) in [5.74, 6) is 1.23. The van der Waals surface area contributed by atoms with Gasteiger partial charge in [0.1, 0.15) is 5.60 Å². The van der Waals surface area contributed by atoms with Crippen molar-refractivity contribution < 1.29 is 14.3 Å². The van der Waals surface area contributed by atoms with Crippen molar-refractivity contribution in [1.29, 1.82) is 0 Å². The monoisotopic (exact) mass is 391 g/mol. The Bertz CT molecular complexity index is 588. The number of rotatable bonds is 7. The lowest BCUT2D eigenvalue weighted by molar-refractivity contribution is -0.0257. The molecule has 2 aliphatic carbocycles. The molecule has 0 radical (unpaired) electrons. The van der Waals surface area contributed by atoms with E-state index in [1.54, 1.807) is 0 Å². The van der Waals surface area contributed by atoms with Gasteiger partial charge in [-0.05, 0) is 69.6 Å². The van der Waals surface area contributed by atoms with Crippen molar-refractivity contribution in [2.24, 2.45) is 28.0 Å². The summed E-state index contributed by atoms with van der Waals surface area (Å²) in [7, 11) is 0. The van der Waals surface area contributed by atoms with Crippen LogP contribution in [0.1, 0.15) is 65.2 Å². The molecule has 2 aliphatic heterocycles. The van der Waals surface area contributed by atoms with Crippen LogP contribution in [0.5, 0.6) is 0 Å². The smallest absolute Gasteiger partial charge is 0.410 e. The number of ether oxygens (including phenoxy) is 2. The molecule has 4 aliphatic rings. The fourth-order valence-electron chi connectivity index (χ4n) is 5.24. The quantitative estimate of drug-likeness (QED) is 0.675. The fourth-order valence-corrected chi connectivity index (χ4v) is 5.24. The molecule has 0 bridgehead atoms. The van der Waals surface area contributed by atoms with Gasteiger partial charge in [0, 0.05) is 38.4 Å². The molecule has 1 amide bonds. The molecule has 0 aromatic rings. The number of aliphatic imine (C=N–C) groups is 1. The van der Waals surface area contributed by atoms with E-state index in [1.807, 2.05) is 18.0 Å². The van der Waals surface area contributed by atoms with E-state index in [-0.39, 0.29) is 23.8 Å². The van der Waals surface area contributed by atoms with Crippen LogP contribution in [-0.2, 0) is 9.47 Å². The zero-order valence-electron chi connectivity index (χ0n) is 17.6. The molecule has 6 nitrogen and oxygen atoms in total. The first-order valence-electron chi connectivity index (χ1n) is 11.2. The molecule has 158 valence electrons. The van der Waals surface area contributed by atoms with Crippen LogP contribution in [-0.4, -0.2) is 61.2 Å². The predicted octanol–water partition coefficient (Wildman–Crippen LogP) is 3.38. The third-order valence-electron chi connectivity index (χ3n) is 7.67. The van der Waals surface area contributed by atoms with E-state index in [0.29, 0.717) is 17.9 Å². The summed E-state index contributed by atoms with van der Waals surface area (Å²) >= 11 is 0. The number of nitrogens with two attached hydrogens (primary N) is 1. The summed E-state index contributed by atoms with van der Waals surface area (Å²) in [6.07, 6.45) is 11.3. The molecular weight excluding hydrogens is 354 g/mol. The van der Waals surface area contributed by atoms with Crippen LogP contribution in [0.4, 0.5) is 4.79 Å². The van der Waals surface area contributed by atoms with Crippen LogP contribution < -0.4 is 5.73 Å². The Kier molecular flexibility index (Phi) is 5.71. The van der Waals surface area contributed by atoms with Gasteiger partial charge >= 0.3 is 6.09 Å². The van der Waals surface area contributed by atoms with Crippen LogP contribution in [0.15, 0.2) is 4.99 Å². The number of likely N-dealkylation sites (tertiary alicyclic amines) is 1. The van der Waals surface area contributed by atoms with Gasteiger partial charge in [0.25, 0.3) is 0 Å². The maximum atomic E-state index is 12.3. The Balaban J connectivity index is 1.09. The lowest BCUT2D eigenvalue weighted by Gasteiger charge is -2.52. The summed E-state index contributed by atoms with van der Waals surface area (Å²) < 4.78 is 11.6. The maximum Gasteiger partial charge on any atom is 0.410 e. The molecule has 2 heterocycles. The van der Waals surface area contributed by atoms with E-state index in [9.17, 15) is 4.79 Å². The minimum atomic E-state index is -0.163. The highest BCUT2D eigenvalue weighted by molar-refractivity contribution is 5.68. The average molecular weight is 392 g/mol. The van der Waals surface area contributed by atoms with E-state index in [4.69, 9.17) is 15.2 Å². The highest BCUT2D eigenvalue weighted by atomic mass is 16.6. The Morgan fingerprint density at radius 3 is 2.57 bits per heavy atom. The summed E-state index contributed by atoms with van der Waals surface area (Å²) in [5, 5.41) is 0. The number of carbonyl (C=O) groups excluding carboxylic acids is 1. The van der Waals surface area contributed by atoms with E-state index < -0.39 is 0 Å². The van der Waals surface area contributed by atoms with Crippen LogP contribution in [0, 0.1) is 17.3 Å². The first-order valence-corrected chi connectivity index (χ1v) is 11.2. The van der Waals surface area contributed by atoms with Crippen molar-refractivity contribution in [1.82, 2.24) is 4.90 Å². The van der Waals surface area contributed by atoms with Crippen molar-refractivity contribution in [3.8, 4) is 0 Å². The molecule has 1 spiro atoms. The standard InChI is InChI=1S/C22H37N3O3/c1-16-18(14-23)24-15-19(16)27-11-3-4-17-12-22(13-17)7-9-25(10-8-22)20(26)28-21(2)5-6-21/h15-19H,3-14,23H2,1-2H3/t16?,18?,19-/m1/s1. The molecule has 2 saturated carbocycles. The Morgan fingerprint density at radius 2 is 1.96 bits per heavy atom. The normalized spacial score (nSPS) is 33.1. The molecule has 0 aromatic heterocycles. The summed E-state index contributed by atoms with van der Waals surface area (Å²) in [6, 6.07) is 0.228. The third kappa shape index (κ3) is 4.38. The lowest BCUT2D eigenvalue weighted by Crippen LogP contribution is -2.49. The highest BCUT2D eigenvalue weighted by Gasteiger charge is 2.47. The Hall–Kier alpha value is -1.14. The van der Waals surface area contributed by atoms with Crippen molar-refractivity contribution in [3.63, 3.8) is 0 Å². The summed E-state index contributed by atoms with van der Waals surface area (Å²) in [6.45, 7) is 7.37. The number of amides is 1. The van der Waals surface area contributed by atoms with Crippen LogP contribution in [0.25, 0.3) is 0 Å². The van der Waals surface area contributed by atoms with Gasteiger partial charge in [-0.15, -0.1) is 0 Å². The molecule has 6 heteroatoms. The molecular formula is C22H37N3O3. The number of hydrogen-bond acceptors (Lipinski definition) is 5. The van der Waals surface area contributed by atoms with Gasteiger partial charge in [-0.2, -0.15) is 0 Å². The first-order chi connectivity index (χ1) is 13.4. The largest absolute Gasteiger partial charge is 0.443 e. The number of carbonyl (C=O) groups is 1. The number of piperidine rings is 1. The first kappa shape index (κ1) is 20.1. The zero-order chi connectivity index (χ0) is 19.8. The minimum absolute atomic E-state index is 0.0931. The van der Waals surface area contributed by atoms with E-state index in [1.165, 1.54) is 19.3 Å². The molecule has 3 atom stereocenters. The zero-order valence-corrected chi connectivity index (χ0v) is 17.6. The maximum absolute atomic E-state index is 12.3. The minimum Gasteiger partial charge on any atom is -0.443 e. The van der Waals surface area contributed by atoms with Crippen molar-refractivity contribution in [2.45, 2.75) is 83.0 Å². The third-order valence-corrected chi connectivity index (χ3v) is 7.67. The lowest BCUT2D eigenvalue weighted by atomic mass is 9.56. The second-order valence-electron chi connectivity index (χ2n) is 10.0. The van der Waals surface area contributed by atoms with Gasteiger partial charge in [-0.1, -0.05) is 6.92 Å². The van der Waals surface area contributed by atoms with E-state index in [2.05, 4.69) is 11.9 Å². The number of hydrogen-bond donors (Lipinski definition) is 1. The highest BCUT2D eigenvalue weighted by Crippen LogP contribution is 2.54. The van der Waals surface area contributed by atoms with Crippen LogP contribution in [0.3, 0.4) is 0 Å². The van der Waals surface area contributed by atoms with Gasteiger partial charge in [0.2, 0.25) is 0 Å². The Morgan fingerprint density at radius 1 is 1.25 bits per heavy atom. The molecule has 2 unspecified atom stereocenters. The summed E-state index contributed by atoms with van der Waals surface area (Å²) in [5.41, 5.74) is 6.06. The second-order valence-corrected chi connectivity index (χ2v) is 10.0. The molecule has 0 aromatic carbocycles. The van der Waals surface area contributed by atoms with Gasteiger partial charge in [0.05, 0.1) is 12.1 Å². The molecule has 4 rings (SSSR count). The SMILES string of the molecule is CC1C(CN)N=C[C@H]1OCCCC1CC2(CCN(C(=O)OC3(C)CC3)CC2)C1. The van der Waals surface area contributed by atoms with Crippen LogP contribution >= 0.6 is 0 Å². The second kappa shape index (κ2) is 7.94. The molecule has 2 N–H and O–H groups in total. The van der Waals surface area contributed by atoms with Crippen molar-refractivity contribution >= 4 is 12.3 Å². The van der Waals surface area contributed by atoms with Crippen molar-refractivity contribution in [3.05, 3.63) is 0 Å². The van der Waals surface area contributed by atoms with Gasteiger partial charge in [0.15, 0.2) is 0 Å². The van der Waals surface area contributed by atoms with Crippen molar-refractivity contribution in [2.75, 3.05) is 26.2 Å².